The van der Waals surface area contributed by atoms with Crippen molar-refractivity contribution >= 4 is 26.0 Å². The molecule has 0 fully saturated rings. The fraction of sp³-hybridized carbons (Fsp3) is 0.0769. The summed E-state index contributed by atoms with van der Waals surface area (Å²) in [4.78, 5) is -0.0549. The fourth-order valence-electron chi connectivity index (χ4n) is 1.72. The zero-order valence-corrected chi connectivity index (χ0v) is 11.8. The third-order valence-corrected chi connectivity index (χ3v) is 4.14. The molecule has 0 aromatic heterocycles. The van der Waals surface area contributed by atoms with Crippen LogP contribution < -0.4 is 0 Å². The molecule has 2 aromatic carbocycles. The summed E-state index contributed by atoms with van der Waals surface area (Å²) in [6, 6.07) is 14.4. The van der Waals surface area contributed by atoms with Crippen molar-refractivity contribution in [3.63, 3.8) is 0 Å². The summed E-state index contributed by atoms with van der Waals surface area (Å²) in [5.74, 6) is 0. The van der Waals surface area contributed by atoms with E-state index < -0.39 is 10.1 Å². The van der Waals surface area contributed by atoms with E-state index in [1.54, 1.807) is 6.07 Å². The number of hydrogen-bond acceptors (Lipinski definition) is 2. The third kappa shape index (κ3) is 2.80. The van der Waals surface area contributed by atoms with Crippen molar-refractivity contribution in [3.05, 3.63) is 54.1 Å². The molecule has 2 rings (SSSR count). The molecule has 1 N–H and O–H groups in total. The lowest BCUT2D eigenvalue weighted by Gasteiger charge is -2.08. The van der Waals surface area contributed by atoms with Gasteiger partial charge in [0, 0.05) is 5.33 Å². The number of hydrogen-bond donors (Lipinski definition) is 1. The minimum atomic E-state index is -4.21. The van der Waals surface area contributed by atoms with Gasteiger partial charge < -0.3 is 0 Å². The van der Waals surface area contributed by atoms with Crippen LogP contribution in [0.3, 0.4) is 0 Å². The predicted molar refractivity (Wildman–Crippen MR) is 74.3 cm³/mol. The van der Waals surface area contributed by atoms with Crippen LogP contribution in [-0.2, 0) is 15.4 Å². The van der Waals surface area contributed by atoms with Gasteiger partial charge in [0.1, 0.15) is 0 Å². The lowest BCUT2D eigenvalue weighted by Crippen LogP contribution is -2.02. The molecule has 0 bridgehead atoms. The molecule has 0 aliphatic heterocycles. The van der Waals surface area contributed by atoms with Gasteiger partial charge in [-0.3, -0.25) is 4.55 Å². The van der Waals surface area contributed by atoms with Crippen LogP contribution >= 0.6 is 15.9 Å². The first-order chi connectivity index (χ1) is 8.52. The maximum absolute atomic E-state index is 11.3. The molecule has 0 spiro atoms. The maximum atomic E-state index is 11.3. The first-order valence-electron chi connectivity index (χ1n) is 5.24. The molecule has 0 saturated carbocycles. The summed E-state index contributed by atoms with van der Waals surface area (Å²) >= 11 is 3.21. The lowest BCUT2D eigenvalue weighted by atomic mass is 10.0. The molecule has 0 radical (unpaired) electrons. The van der Waals surface area contributed by atoms with E-state index in [-0.39, 0.29) is 4.90 Å². The Kier molecular flexibility index (Phi) is 3.85. The standard InChI is InChI=1S/C13H11BrO3S/c14-9-12-7-6-11(8-13(12)18(15,16)17)10-4-2-1-3-5-10/h1-8H,9H2,(H,15,16,17). The van der Waals surface area contributed by atoms with Gasteiger partial charge in [0.15, 0.2) is 0 Å². The second kappa shape index (κ2) is 5.22. The van der Waals surface area contributed by atoms with Gasteiger partial charge in [-0.15, -0.1) is 0 Å². The summed E-state index contributed by atoms with van der Waals surface area (Å²) in [5, 5.41) is 0.372. The third-order valence-electron chi connectivity index (χ3n) is 2.60. The van der Waals surface area contributed by atoms with Crippen molar-refractivity contribution in [3.8, 4) is 11.1 Å². The molecule has 5 heteroatoms. The average molecular weight is 327 g/mol. The van der Waals surface area contributed by atoms with E-state index in [9.17, 15) is 13.0 Å². The van der Waals surface area contributed by atoms with E-state index in [0.29, 0.717) is 10.9 Å². The van der Waals surface area contributed by atoms with Crippen LogP contribution in [0, 0.1) is 0 Å². The molecule has 18 heavy (non-hydrogen) atoms. The van der Waals surface area contributed by atoms with Crippen LogP contribution in [0.2, 0.25) is 0 Å². The SMILES string of the molecule is O=S(=O)(O)c1cc(-c2ccccc2)ccc1CBr. The van der Waals surface area contributed by atoms with Crippen molar-refractivity contribution in [1.29, 1.82) is 0 Å². The van der Waals surface area contributed by atoms with Gasteiger partial charge in [0.25, 0.3) is 10.1 Å². The summed E-state index contributed by atoms with van der Waals surface area (Å²) < 4.78 is 31.9. The number of halogens is 1. The molecule has 0 aliphatic rings. The largest absolute Gasteiger partial charge is 0.294 e. The van der Waals surface area contributed by atoms with Crippen LogP contribution in [-0.4, -0.2) is 13.0 Å². The van der Waals surface area contributed by atoms with Gasteiger partial charge in [-0.2, -0.15) is 8.42 Å². The molecule has 0 atom stereocenters. The zero-order chi connectivity index (χ0) is 13.2. The Morgan fingerprint density at radius 3 is 2.22 bits per heavy atom. The van der Waals surface area contributed by atoms with Crippen molar-refractivity contribution in [2.45, 2.75) is 10.2 Å². The van der Waals surface area contributed by atoms with Gasteiger partial charge >= 0.3 is 0 Å². The van der Waals surface area contributed by atoms with E-state index in [2.05, 4.69) is 15.9 Å². The molecular formula is C13H11BrO3S. The summed E-state index contributed by atoms with van der Waals surface area (Å²) in [6.07, 6.45) is 0. The van der Waals surface area contributed by atoms with Crippen molar-refractivity contribution in [2.75, 3.05) is 0 Å². The lowest BCUT2D eigenvalue weighted by molar-refractivity contribution is 0.482. The fourth-order valence-corrected chi connectivity index (χ4v) is 3.14. The summed E-state index contributed by atoms with van der Waals surface area (Å²) in [5.41, 5.74) is 2.20. The highest BCUT2D eigenvalue weighted by molar-refractivity contribution is 9.08. The first kappa shape index (κ1) is 13.3. The summed E-state index contributed by atoms with van der Waals surface area (Å²) in [7, 11) is -4.21. The van der Waals surface area contributed by atoms with E-state index in [0.717, 1.165) is 11.1 Å². The number of alkyl halides is 1. The molecule has 3 nitrogen and oxygen atoms in total. The van der Waals surface area contributed by atoms with E-state index in [1.165, 1.54) is 6.07 Å². The Balaban J connectivity index is 2.61. The minimum absolute atomic E-state index is 0.0549. The van der Waals surface area contributed by atoms with Gasteiger partial charge in [-0.05, 0) is 22.8 Å². The summed E-state index contributed by atoms with van der Waals surface area (Å²) in [6.45, 7) is 0. The normalized spacial score (nSPS) is 11.4. The highest BCUT2D eigenvalue weighted by Crippen LogP contribution is 2.26. The highest BCUT2D eigenvalue weighted by Gasteiger charge is 2.15. The highest BCUT2D eigenvalue weighted by atomic mass is 79.9. The zero-order valence-electron chi connectivity index (χ0n) is 9.38. The molecule has 0 saturated heterocycles. The number of benzene rings is 2. The van der Waals surface area contributed by atoms with Crippen LogP contribution in [0.25, 0.3) is 11.1 Å². The Morgan fingerprint density at radius 2 is 1.67 bits per heavy atom. The van der Waals surface area contributed by atoms with Gasteiger partial charge in [-0.1, -0.05) is 58.4 Å². The Labute approximate surface area is 114 Å². The molecule has 2 aromatic rings. The maximum Gasteiger partial charge on any atom is 0.294 e. The van der Waals surface area contributed by atoms with E-state index >= 15 is 0 Å². The predicted octanol–water partition coefficient (Wildman–Crippen LogP) is 3.50. The van der Waals surface area contributed by atoms with Crippen molar-refractivity contribution in [1.82, 2.24) is 0 Å². The Bertz CT molecular complexity index is 651. The number of rotatable bonds is 3. The van der Waals surface area contributed by atoms with Crippen molar-refractivity contribution in [2.24, 2.45) is 0 Å². The monoisotopic (exact) mass is 326 g/mol. The first-order valence-corrected chi connectivity index (χ1v) is 7.80. The molecule has 0 amide bonds. The molecule has 94 valence electrons. The van der Waals surface area contributed by atoms with Gasteiger partial charge in [0.2, 0.25) is 0 Å². The van der Waals surface area contributed by atoms with E-state index in [1.807, 2.05) is 36.4 Å². The Hall–Kier alpha value is -1.17. The van der Waals surface area contributed by atoms with Crippen LogP contribution in [0.15, 0.2) is 53.4 Å². The van der Waals surface area contributed by atoms with Crippen LogP contribution in [0.5, 0.6) is 0 Å². The molecule has 0 aliphatic carbocycles. The second-order valence-electron chi connectivity index (χ2n) is 3.80. The van der Waals surface area contributed by atoms with E-state index in [4.69, 9.17) is 0 Å². The topological polar surface area (TPSA) is 54.4 Å². The smallest absolute Gasteiger partial charge is 0.282 e. The van der Waals surface area contributed by atoms with Crippen molar-refractivity contribution < 1.29 is 13.0 Å². The Morgan fingerprint density at radius 1 is 1.00 bits per heavy atom. The quantitative estimate of drug-likeness (QED) is 0.693. The molecular weight excluding hydrogens is 316 g/mol. The second-order valence-corrected chi connectivity index (χ2v) is 5.75. The van der Waals surface area contributed by atoms with Crippen LogP contribution in [0.4, 0.5) is 0 Å². The molecule has 0 unspecified atom stereocenters. The van der Waals surface area contributed by atoms with Gasteiger partial charge in [0.05, 0.1) is 4.90 Å². The van der Waals surface area contributed by atoms with Gasteiger partial charge in [-0.25, -0.2) is 0 Å². The van der Waals surface area contributed by atoms with Crippen LogP contribution in [0.1, 0.15) is 5.56 Å². The minimum Gasteiger partial charge on any atom is -0.282 e. The average Bonchev–Trinajstić information content (AvgIpc) is 2.38. The molecule has 0 heterocycles.